The summed E-state index contributed by atoms with van der Waals surface area (Å²) >= 11 is 1.72. The van der Waals surface area contributed by atoms with Crippen LogP contribution in [0.5, 0.6) is 0 Å². The number of likely N-dealkylation sites (N-methyl/N-ethyl adjacent to an activating group) is 1. The highest BCUT2D eigenvalue weighted by molar-refractivity contribution is 7.10. The number of hydrogen-bond donors (Lipinski definition) is 1. The molecule has 1 fully saturated rings. The van der Waals surface area contributed by atoms with Gasteiger partial charge in [-0.2, -0.15) is 0 Å². The molecule has 1 aliphatic rings. The van der Waals surface area contributed by atoms with Crippen LogP contribution in [0.15, 0.2) is 41.8 Å². The first kappa shape index (κ1) is 19.0. The van der Waals surface area contributed by atoms with Crippen molar-refractivity contribution in [3.8, 4) is 0 Å². The second kappa shape index (κ2) is 9.28. The molecule has 5 nitrogen and oxygen atoms in total. The van der Waals surface area contributed by atoms with E-state index in [-0.39, 0.29) is 11.9 Å². The van der Waals surface area contributed by atoms with Crippen LogP contribution in [-0.2, 0) is 16.1 Å². The Bertz CT molecular complexity index is 682. The molecule has 0 radical (unpaired) electrons. The zero-order valence-electron chi connectivity index (χ0n) is 15.5. The van der Waals surface area contributed by atoms with E-state index in [1.807, 2.05) is 25.2 Å². The highest BCUT2D eigenvalue weighted by Crippen LogP contribution is 2.23. The van der Waals surface area contributed by atoms with Crippen LogP contribution in [0, 0.1) is 0 Å². The summed E-state index contributed by atoms with van der Waals surface area (Å²) in [4.78, 5) is 18.0. The van der Waals surface area contributed by atoms with Gasteiger partial charge in [0.1, 0.15) is 0 Å². The SMILES string of the molecule is CC(c1cccs1)N(C)CC(=O)Nc1ccc(CN2CCOCC2)cc1. The molecule has 140 valence electrons. The number of amides is 1. The smallest absolute Gasteiger partial charge is 0.238 e. The van der Waals surface area contributed by atoms with Gasteiger partial charge in [0, 0.05) is 36.2 Å². The number of nitrogens with zero attached hydrogens (tertiary/aromatic N) is 2. The summed E-state index contributed by atoms with van der Waals surface area (Å²) in [5, 5.41) is 5.06. The monoisotopic (exact) mass is 373 g/mol. The lowest BCUT2D eigenvalue weighted by molar-refractivity contribution is -0.117. The second-order valence-electron chi connectivity index (χ2n) is 6.74. The van der Waals surface area contributed by atoms with Crippen molar-refractivity contribution in [1.82, 2.24) is 9.80 Å². The minimum Gasteiger partial charge on any atom is -0.379 e. The molecule has 0 bridgehead atoms. The number of morpholine rings is 1. The average Bonchev–Trinajstić information content (AvgIpc) is 3.18. The van der Waals surface area contributed by atoms with Crippen molar-refractivity contribution < 1.29 is 9.53 Å². The minimum absolute atomic E-state index is 0.0110. The lowest BCUT2D eigenvalue weighted by Crippen LogP contribution is -2.35. The van der Waals surface area contributed by atoms with E-state index in [1.165, 1.54) is 10.4 Å². The van der Waals surface area contributed by atoms with Gasteiger partial charge in [-0.1, -0.05) is 18.2 Å². The largest absolute Gasteiger partial charge is 0.379 e. The predicted octanol–water partition coefficient (Wildman–Crippen LogP) is 3.21. The summed E-state index contributed by atoms with van der Waals surface area (Å²) in [6.45, 7) is 7.00. The van der Waals surface area contributed by atoms with E-state index in [9.17, 15) is 4.79 Å². The van der Waals surface area contributed by atoms with Gasteiger partial charge in [-0.3, -0.25) is 14.6 Å². The third-order valence-electron chi connectivity index (χ3n) is 4.76. The van der Waals surface area contributed by atoms with Crippen molar-refractivity contribution in [3.63, 3.8) is 0 Å². The number of ether oxygens (including phenoxy) is 1. The molecular weight excluding hydrogens is 346 g/mol. The number of benzene rings is 1. The maximum Gasteiger partial charge on any atom is 0.238 e. The molecule has 0 aliphatic carbocycles. The Kier molecular flexibility index (Phi) is 6.80. The van der Waals surface area contributed by atoms with E-state index in [4.69, 9.17) is 4.74 Å². The molecule has 2 heterocycles. The molecule has 1 amide bonds. The number of hydrogen-bond acceptors (Lipinski definition) is 5. The van der Waals surface area contributed by atoms with Gasteiger partial charge >= 0.3 is 0 Å². The van der Waals surface area contributed by atoms with Crippen LogP contribution in [0.4, 0.5) is 5.69 Å². The third kappa shape index (κ3) is 5.38. The van der Waals surface area contributed by atoms with Crippen LogP contribution in [0.2, 0.25) is 0 Å². The van der Waals surface area contributed by atoms with Gasteiger partial charge in [0.25, 0.3) is 0 Å². The Labute approximate surface area is 159 Å². The van der Waals surface area contributed by atoms with E-state index >= 15 is 0 Å². The highest BCUT2D eigenvalue weighted by atomic mass is 32.1. The van der Waals surface area contributed by atoms with E-state index in [0.29, 0.717) is 6.54 Å². The van der Waals surface area contributed by atoms with Gasteiger partial charge in [-0.15, -0.1) is 11.3 Å². The number of carbonyl (C=O) groups is 1. The molecule has 2 aromatic rings. The first-order chi connectivity index (χ1) is 12.6. The summed E-state index contributed by atoms with van der Waals surface area (Å²) in [7, 11) is 1.98. The molecule has 1 aromatic carbocycles. The van der Waals surface area contributed by atoms with Crippen molar-refractivity contribution in [2.45, 2.75) is 19.5 Å². The maximum atomic E-state index is 12.3. The fraction of sp³-hybridized carbons (Fsp3) is 0.450. The normalized spacial score (nSPS) is 16.6. The molecule has 1 N–H and O–H groups in total. The molecule has 1 saturated heterocycles. The first-order valence-electron chi connectivity index (χ1n) is 9.04. The summed E-state index contributed by atoms with van der Waals surface area (Å²) in [5.74, 6) is 0.0110. The van der Waals surface area contributed by atoms with Crippen molar-refractivity contribution in [3.05, 3.63) is 52.2 Å². The molecule has 1 aliphatic heterocycles. The highest BCUT2D eigenvalue weighted by Gasteiger charge is 2.16. The van der Waals surface area contributed by atoms with Crippen molar-refractivity contribution in [1.29, 1.82) is 0 Å². The summed E-state index contributed by atoms with van der Waals surface area (Å²) in [6.07, 6.45) is 0. The fourth-order valence-corrected chi connectivity index (χ4v) is 3.87. The van der Waals surface area contributed by atoms with Gasteiger partial charge in [-0.05, 0) is 43.1 Å². The number of thiophene rings is 1. The van der Waals surface area contributed by atoms with Crippen molar-refractivity contribution in [2.24, 2.45) is 0 Å². The van der Waals surface area contributed by atoms with Crippen LogP contribution in [0.1, 0.15) is 23.4 Å². The molecule has 26 heavy (non-hydrogen) atoms. The Morgan fingerprint density at radius 3 is 2.65 bits per heavy atom. The number of carbonyl (C=O) groups excluding carboxylic acids is 1. The molecule has 1 atom stereocenters. The van der Waals surface area contributed by atoms with Crippen LogP contribution in [-0.4, -0.2) is 55.6 Å². The van der Waals surface area contributed by atoms with Gasteiger partial charge in [0.05, 0.1) is 19.8 Å². The summed E-state index contributed by atoms with van der Waals surface area (Å²) in [6, 6.07) is 12.5. The quantitative estimate of drug-likeness (QED) is 0.809. The Balaban J connectivity index is 1.47. The Hall–Kier alpha value is -1.73. The van der Waals surface area contributed by atoms with Crippen LogP contribution in [0.25, 0.3) is 0 Å². The molecule has 6 heteroatoms. The van der Waals surface area contributed by atoms with Gasteiger partial charge < -0.3 is 10.1 Å². The van der Waals surface area contributed by atoms with Gasteiger partial charge in [-0.25, -0.2) is 0 Å². The number of rotatable bonds is 7. The van der Waals surface area contributed by atoms with Crippen LogP contribution < -0.4 is 5.32 Å². The third-order valence-corrected chi connectivity index (χ3v) is 5.80. The standard InChI is InChI=1S/C20H27N3O2S/c1-16(19-4-3-13-26-19)22(2)15-20(24)21-18-7-5-17(6-8-18)14-23-9-11-25-12-10-23/h3-8,13,16H,9-12,14-15H2,1-2H3,(H,21,24). The maximum absolute atomic E-state index is 12.3. The minimum atomic E-state index is 0.0110. The number of anilines is 1. The zero-order chi connectivity index (χ0) is 18.4. The molecule has 0 saturated carbocycles. The summed E-state index contributed by atoms with van der Waals surface area (Å²) < 4.78 is 5.38. The lowest BCUT2D eigenvalue weighted by Gasteiger charge is -2.26. The molecule has 1 unspecified atom stereocenters. The van der Waals surface area contributed by atoms with Crippen LogP contribution in [0.3, 0.4) is 0 Å². The van der Waals surface area contributed by atoms with Gasteiger partial charge in [0.15, 0.2) is 0 Å². The molecule has 0 spiro atoms. The van der Waals surface area contributed by atoms with Crippen molar-refractivity contribution >= 4 is 22.9 Å². The van der Waals surface area contributed by atoms with E-state index in [0.717, 1.165) is 38.5 Å². The topological polar surface area (TPSA) is 44.8 Å². The second-order valence-corrected chi connectivity index (χ2v) is 7.72. The fourth-order valence-electron chi connectivity index (χ4n) is 3.02. The average molecular weight is 374 g/mol. The number of nitrogens with one attached hydrogen (secondary N) is 1. The predicted molar refractivity (Wildman–Crippen MR) is 107 cm³/mol. The molecule has 1 aromatic heterocycles. The van der Waals surface area contributed by atoms with E-state index in [2.05, 4.69) is 45.6 Å². The van der Waals surface area contributed by atoms with Crippen LogP contribution >= 0.6 is 11.3 Å². The van der Waals surface area contributed by atoms with E-state index in [1.54, 1.807) is 11.3 Å². The Morgan fingerprint density at radius 1 is 1.27 bits per heavy atom. The lowest BCUT2D eigenvalue weighted by atomic mass is 10.2. The first-order valence-corrected chi connectivity index (χ1v) is 9.92. The van der Waals surface area contributed by atoms with Crippen molar-refractivity contribution in [2.75, 3.05) is 45.2 Å². The van der Waals surface area contributed by atoms with Gasteiger partial charge in [0.2, 0.25) is 5.91 Å². The molecule has 3 rings (SSSR count). The zero-order valence-corrected chi connectivity index (χ0v) is 16.3. The Morgan fingerprint density at radius 2 is 2.00 bits per heavy atom. The summed E-state index contributed by atoms with van der Waals surface area (Å²) in [5.41, 5.74) is 2.10. The van der Waals surface area contributed by atoms with E-state index < -0.39 is 0 Å². The molecular formula is C20H27N3O2S.